The van der Waals surface area contributed by atoms with E-state index in [0.29, 0.717) is 0 Å². The van der Waals surface area contributed by atoms with Crippen LogP contribution in [0.3, 0.4) is 0 Å². The maximum atomic E-state index is 13.4. The lowest BCUT2D eigenvalue weighted by Gasteiger charge is -2.09. The van der Waals surface area contributed by atoms with E-state index in [4.69, 9.17) is 5.73 Å². The lowest BCUT2D eigenvalue weighted by atomic mass is 10.2. The molecule has 0 aromatic heterocycles. The normalized spacial score (nSPS) is 11.5. The molecule has 0 saturated carbocycles. The first-order valence-electron chi connectivity index (χ1n) is 5.82. The lowest BCUT2D eigenvalue weighted by Crippen LogP contribution is -2.24. The van der Waals surface area contributed by atoms with Gasteiger partial charge in [-0.2, -0.15) is 0 Å². The predicted octanol–water partition coefficient (Wildman–Crippen LogP) is 1.73. The highest BCUT2D eigenvalue weighted by Crippen LogP contribution is 2.23. The molecule has 2 aromatic rings. The van der Waals surface area contributed by atoms with E-state index in [-0.39, 0.29) is 21.9 Å². The summed E-state index contributed by atoms with van der Waals surface area (Å²) in [4.78, 5) is -0.186. The number of aromatic hydroxyl groups is 1. The molecule has 2 rings (SSSR count). The van der Waals surface area contributed by atoms with Crippen LogP contribution in [0.25, 0.3) is 0 Å². The Kier molecular flexibility index (Phi) is 4.10. The molecular formula is C13H12F2N2O3S. The van der Waals surface area contributed by atoms with E-state index in [9.17, 15) is 22.3 Å². The van der Waals surface area contributed by atoms with E-state index < -0.39 is 28.2 Å². The predicted molar refractivity (Wildman–Crippen MR) is 72.9 cm³/mol. The molecule has 0 amide bonds. The van der Waals surface area contributed by atoms with Gasteiger partial charge in [0.05, 0.1) is 10.6 Å². The van der Waals surface area contributed by atoms with Gasteiger partial charge in [0.2, 0.25) is 10.0 Å². The van der Waals surface area contributed by atoms with E-state index in [2.05, 4.69) is 4.72 Å². The van der Waals surface area contributed by atoms with Crippen molar-refractivity contribution < 1.29 is 22.3 Å². The van der Waals surface area contributed by atoms with Crippen LogP contribution in [-0.4, -0.2) is 13.5 Å². The van der Waals surface area contributed by atoms with Gasteiger partial charge in [-0.15, -0.1) is 0 Å². The van der Waals surface area contributed by atoms with Crippen molar-refractivity contribution in [3.05, 3.63) is 53.6 Å². The minimum Gasteiger partial charge on any atom is -0.506 e. The third-order valence-corrected chi connectivity index (χ3v) is 4.17. The van der Waals surface area contributed by atoms with Gasteiger partial charge in [-0.25, -0.2) is 21.9 Å². The number of hydrogen-bond donors (Lipinski definition) is 3. The third-order valence-electron chi connectivity index (χ3n) is 2.77. The van der Waals surface area contributed by atoms with Crippen LogP contribution in [0.5, 0.6) is 5.75 Å². The molecular weight excluding hydrogens is 302 g/mol. The van der Waals surface area contributed by atoms with Gasteiger partial charge < -0.3 is 10.8 Å². The monoisotopic (exact) mass is 314 g/mol. The molecule has 0 spiro atoms. The smallest absolute Gasteiger partial charge is 0.240 e. The summed E-state index contributed by atoms with van der Waals surface area (Å²) < 4.78 is 52.5. The van der Waals surface area contributed by atoms with E-state index in [1.54, 1.807) is 0 Å². The Hall–Kier alpha value is -2.19. The fourth-order valence-corrected chi connectivity index (χ4v) is 2.68. The van der Waals surface area contributed by atoms with Gasteiger partial charge in [0.25, 0.3) is 0 Å². The maximum Gasteiger partial charge on any atom is 0.240 e. The van der Waals surface area contributed by atoms with Gasteiger partial charge in [-0.05, 0) is 36.4 Å². The van der Waals surface area contributed by atoms with Crippen molar-refractivity contribution in [2.75, 3.05) is 5.73 Å². The van der Waals surface area contributed by atoms with Crippen molar-refractivity contribution in [3.63, 3.8) is 0 Å². The second-order valence-corrected chi connectivity index (χ2v) is 6.05. The molecule has 0 heterocycles. The molecule has 0 bridgehead atoms. The van der Waals surface area contributed by atoms with Crippen LogP contribution in [0, 0.1) is 11.6 Å². The third kappa shape index (κ3) is 3.47. The molecule has 0 fully saturated rings. The van der Waals surface area contributed by atoms with Gasteiger partial charge >= 0.3 is 0 Å². The molecule has 4 N–H and O–H groups in total. The van der Waals surface area contributed by atoms with Crippen LogP contribution in [0.2, 0.25) is 0 Å². The van der Waals surface area contributed by atoms with Crippen molar-refractivity contribution in [1.82, 2.24) is 4.72 Å². The quantitative estimate of drug-likeness (QED) is 0.592. The van der Waals surface area contributed by atoms with Crippen molar-refractivity contribution in [3.8, 4) is 5.75 Å². The van der Waals surface area contributed by atoms with Crippen LogP contribution < -0.4 is 10.5 Å². The van der Waals surface area contributed by atoms with Crippen LogP contribution >= 0.6 is 0 Å². The fourth-order valence-electron chi connectivity index (χ4n) is 1.63. The Morgan fingerprint density at radius 3 is 2.52 bits per heavy atom. The second kappa shape index (κ2) is 5.66. The van der Waals surface area contributed by atoms with Gasteiger partial charge in [-0.1, -0.05) is 0 Å². The number of phenols is 1. The Labute approximate surface area is 120 Å². The highest BCUT2D eigenvalue weighted by Gasteiger charge is 2.16. The molecule has 8 heteroatoms. The average molecular weight is 314 g/mol. The van der Waals surface area contributed by atoms with Crippen molar-refractivity contribution in [2.45, 2.75) is 11.4 Å². The summed E-state index contributed by atoms with van der Waals surface area (Å²) in [7, 11) is -3.96. The molecule has 5 nitrogen and oxygen atoms in total. The number of halogens is 2. The number of hydrogen-bond acceptors (Lipinski definition) is 4. The second-order valence-electron chi connectivity index (χ2n) is 4.28. The first kappa shape index (κ1) is 15.2. The number of sulfonamides is 1. The Morgan fingerprint density at radius 1 is 1.14 bits per heavy atom. The standard InChI is InChI=1S/C13H12F2N2O3S/c14-9-1-3-11(15)8(5-9)7-17-21(19,20)10-2-4-13(18)12(16)6-10/h1-6,17-18H,7,16H2. The SMILES string of the molecule is Nc1cc(S(=O)(=O)NCc2cc(F)ccc2F)ccc1O. The van der Waals surface area contributed by atoms with Crippen molar-refractivity contribution in [1.29, 1.82) is 0 Å². The molecule has 112 valence electrons. The summed E-state index contributed by atoms with van der Waals surface area (Å²) in [6.07, 6.45) is 0. The Balaban J connectivity index is 2.21. The first-order chi connectivity index (χ1) is 9.79. The minimum absolute atomic E-state index is 0.102. The number of benzene rings is 2. The van der Waals surface area contributed by atoms with Crippen molar-refractivity contribution >= 4 is 15.7 Å². The zero-order valence-corrected chi connectivity index (χ0v) is 11.5. The molecule has 0 atom stereocenters. The summed E-state index contributed by atoms with van der Waals surface area (Å²) in [6.45, 7) is -0.410. The largest absolute Gasteiger partial charge is 0.506 e. The fraction of sp³-hybridized carbons (Fsp3) is 0.0769. The summed E-state index contributed by atoms with van der Waals surface area (Å²) in [5, 5.41) is 9.25. The molecule has 0 unspecified atom stereocenters. The molecule has 0 aliphatic rings. The topological polar surface area (TPSA) is 92.4 Å². The summed E-state index contributed by atoms with van der Waals surface area (Å²) in [5.74, 6) is -1.63. The number of phenolic OH excluding ortho intramolecular Hbond substituents is 1. The van der Waals surface area contributed by atoms with Crippen LogP contribution in [0.1, 0.15) is 5.56 Å². The van der Waals surface area contributed by atoms with E-state index in [1.165, 1.54) is 0 Å². The van der Waals surface area contributed by atoms with Gasteiger partial charge in [-0.3, -0.25) is 0 Å². The van der Waals surface area contributed by atoms with Crippen LogP contribution in [-0.2, 0) is 16.6 Å². The number of nitrogen functional groups attached to an aromatic ring is 1. The molecule has 21 heavy (non-hydrogen) atoms. The number of nitrogens with two attached hydrogens (primary N) is 1. The maximum absolute atomic E-state index is 13.4. The highest BCUT2D eigenvalue weighted by molar-refractivity contribution is 7.89. The average Bonchev–Trinajstić information content (AvgIpc) is 2.43. The van der Waals surface area contributed by atoms with Gasteiger partial charge in [0, 0.05) is 12.1 Å². The van der Waals surface area contributed by atoms with E-state index in [1.807, 2.05) is 0 Å². The summed E-state index contributed by atoms with van der Waals surface area (Å²) >= 11 is 0. The molecule has 2 aromatic carbocycles. The van der Waals surface area contributed by atoms with E-state index in [0.717, 1.165) is 36.4 Å². The summed E-state index contributed by atoms with van der Waals surface area (Å²) in [6, 6.07) is 6.11. The molecule has 0 aliphatic heterocycles. The van der Waals surface area contributed by atoms with Crippen molar-refractivity contribution in [2.24, 2.45) is 0 Å². The van der Waals surface area contributed by atoms with Crippen LogP contribution in [0.15, 0.2) is 41.3 Å². The number of anilines is 1. The number of nitrogens with one attached hydrogen (secondary N) is 1. The Bertz CT molecular complexity index is 779. The van der Waals surface area contributed by atoms with Gasteiger partial charge in [0.15, 0.2) is 0 Å². The Morgan fingerprint density at radius 2 is 1.86 bits per heavy atom. The van der Waals surface area contributed by atoms with Gasteiger partial charge in [0.1, 0.15) is 17.4 Å². The zero-order chi connectivity index (χ0) is 15.6. The zero-order valence-electron chi connectivity index (χ0n) is 10.7. The highest BCUT2D eigenvalue weighted by atomic mass is 32.2. The first-order valence-corrected chi connectivity index (χ1v) is 7.30. The number of rotatable bonds is 4. The van der Waals surface area contributed by atoms with Crippen LogP contribution in [0.4, 0.5) is 14.5 Å². The lowest BCUT2D eigenvalue weighted by molar-refractivity contribution is 0.477. The summed E-state index contributed by atoms with van der Waals surface area (Å²) in [5.41, 5.74) is 5.19. The molecule has 0 aliphatic carbocycles. The molecule has 0 radical (unpaired) electrons. The molecule has 0 saturated heterocycles. The van der Waals surface area contributed by atoms with E-state index >= 15 is 0 Å². The minimum atomic E-state index is -3.96.